The summed E-state index contributed by atoms with van der Waals surface area (Å²) in [6.45, 7) is 26.6. The van der Waals surface area contributed by atoms with Crippen LogP contribution in [-0.4, -0.2) is 8.42 Å². The lowest BCUT2D eigenvalue weighted by Gasteiger charge is -2.28. The third-order valence-electron chi connectivity index (χ3n) is 10.8. The third kappa shape index (κ3) is 9.21. The molecule has 6 aromatic rings. The molecule has 0 atom stereocenters. The maximum absolute atomic E-state index is 14.2. The van der Waals surface area contributed by atoms with Crippen LogP contribution >= 0.6 is 0 Å². The third-order valence-corrected chi connectivity index (χ3v) is 12.6. The summed E-state index contributed by atoms with van der Waals surface area (Å²) in [5.41, 5.74) is 10.9. The number of benzene rings is 6. The number of nitrogens with zero attached hydrogens (tertiary/aromatic N) is 2. The van der Waals surface area contributed by atoms with Gasteiger partial charge in [0.15, 0.2) is 0 Å². The van der Waals surface area contributed by atoms with Gasteiger partial charge in [0.1, 0.15) is 0 Å². The summed E-state index contributed by atoms with van der Waals surface area (Å²) in [4.78, 5) is 4.86. The molecular formula is C52H60N2O2S. The van der Waals surface area contributed by atoms with Crippen LogP contribution in [0.15, 0.2) is 155 Å². The quantitative estimate of drug-likeness (QED) is 0.154. The Morgan fingerprint density at radius 2 is 0.439 bits per heavy atom. The fourth-order valence-electron chi connectivity index (χ4n) is 7.02. The van der Waals surface area contributed by atoms with Gasteiger partial charge >= 0.3 is 0 Å². The molecule has 0 saturated heterocycles. The van der Waals surface area contributed by atoms with Crippen molar-refractivity contribution < 1.29 is 8.42 Å². The van der Waals surface area contributed by atoms with Crippen molar-refractivity contribution in [3.63, 3.8) is 0 Å². The van der Waals surface area contributed by atoms with E-state index in [1.807, 2.05) is 24.3 Å². The number of hydrogen-bond acceptors (Lipinski definition) is 4. The van der Waals surface area contributed by atoms with E-state index in [9.17, 15) is 8.42 Å². The summed E-state index contributed by atoms with van der Waals surface area (Å²) in [7, 11) is -3.81. The Hall–Kier alpha value is -5.13. The van der Waals surface area contributed by atoms with E-state index in [1.165, 1.54) is 22.3 Å². The van der Waals surface area contributed by atoms with Gasteiger partial charge in [-0.2, -0.15) is 0 Å². The highest BCUT2D eigenvalue weighted by atomic mass is 32.2. The number of anilines is 6. The Bertz CT molecular complexity index is 2100. The maximum Gasteiger partial charge on any atom is 0.206 e. The van der Waals surface area contributed by atoms with Crippen molar-refractivity contribution in [2.75, 3.05) is 9.80 Å². The standard InChI is InChI=1S/C52H60N2O2S/c1-49(2,3)37-13-21-41(22-14-37)53(42-23-15-38(16-24-42)50(4,5)6)45-29-33-47(34-30-45)57(55,56)48-35-31-46(32-36-48)54(43-25-17-39(18-26-43)51(7,8)9)44-27-19-40(20-28-44)52(10,11)12/h13-36H,1-12H3. The molecule has 0 unspecified atom stereocenters. The van der Waals surface area contributed by atoms with Crippen LogP contribution in [-0.2, 0) is 31.5 Å². The molecule has 0 aliphatic heterocycles. The first kappa shape index (κ1) is 41.5. The van der Waals surface area contributed by atoms with Crippen LogP contribution in [0.1, 0.15) is 105 Å². The molecule has 0 heterocycles. The van der Waals surface area contributed by atoms with Gasteiger partial charge in [-0.1, -0.05) is 132 Å². The van der Waals surface area contributed by atoms with Crippen LogP contribution in [0, 0.1) is 0 Å². The van der Waals surface area contributed by atoms with Gasteiger partial charge in [-0.3, -0.25) is 0 Å². The molecule has 5 heteroatoms. The first-order valence-electron chi connectivity index (χ1n) is 20.0. The Balaban J connectivity index is 1.34. The second-order valence-corrected chi connectivity index (χ2v) is 21.3. The fourth-order valence-corrected chi connectivity index (χ4v) is 8.28. The minimum atomic E-state index is -3.81. The van der Waals surface area contributed by atoms with Crippen LogP contribution in [0.2, 0.25) is 0 Å². The molecule has 0 aliphatic carbocycles. The maximum atomic E-state index is 14.2. The molecule has 0 spiro atoms. The fraction of sp³-hybridized carbons (Fsp3) is 0.308. The van der Waals surface area contributed by atoms with Crippen molar-refractivity contribution in [1.82, 2.24) is 0 Å². The molecule has 0 fully saturated rings. The van der Waals surface area contributed by atoms with E-state index in [-0.39, 0.29) is 31.5 Å². The van der Waals surface area contributed by atoms with Crippen LogP contribution < -0.4 is 9.80 Å². The van der Waals surface area contributed by atoms with E-state index in [0.717, 1.165) is 34.1 Å². The molecule has 6 rings (SSSR count). The number of rotatable bonds is 8. The predicted octanol–water partition coefficient (Wildman–Crippen LogP) is 14.6. The predicted molar refractivity (Wildman–Crippen MR) is 243 cm³/mol. The van der Waals surface area contributed by atoms with E-state index in [2.05, 4.69) is 190 Å². The second-order valence-electron chi connectivity index (χ2n) is 19.3. The number of sulfone groups is 1. The van der Waals surface area contributed by atoms with E-state index in [1.54, 1.807) is 24.3 Å². The van der Waals surface area contributed by atoms with Gasteiger partial charge in [0.2, 0.25) is 9.84 Å². The molecule has 296 valence electrons. The van der Waals surface area contributed by atoms with Crippen LogP contribution in [0.25, 0.3) is 0 Å². The molecule has 4 nitrogen and oxygen atoms in total. The zero-order valence-electron chi connectivity index (χ0n) is 36.0. The van der Waals surface area contributed by atoms with Crippen molar-refractivity contribution in [1.29, 1.82) is 0 Å². The Morgan fingerprint density at radius 1 is 0.281 bits per heavy atom. The average molecular weight is 777 g/mol. The Morgan fingerprint density at radius 3 is 0.596 bits per heavy atom. The monoisotopic (exact) mass is 776 g/mol. The minimum Gasteiger partial charge on any atom is -0.311 e. The molecule has 0 radical (unpaired) electrons. The van der Waals surface area contributed by atoms with Crippen LogP contribution in [0.3, 0.4) is 0 Å². The van der Waals surface area contributed by atoms with Gasteiger partial charge in [-0.15, -0.1) is 0 Å². The highest BCUT2D eigenvalue weighted by molar-refractivity contribution is 7.91. The van der Waals surface area contributed by atoms with Gasteiger partial charge in [-0.25, -0.2) is 8.42 Å². The molecule has 0 N–H and O–H groups in total. The molecule has 0 saturated carbocycles. The summed E-state index contributed by atoms with van der Waals surface area (Å²) >= 11 is 0. The lowest BCUT2D eigenvalue weighted by molar-refractivity contribution is 0.590. The van der Waals surface area contributed by atoms with Crippen molar-refractivity contribution in [3.05, 3.63) is 168 Å². The molecule has 6 aromatic carbocycles. The highest BCUT2D eigenvalue weighted by Crippen LogP contribution is 2.40. The molecule has 0 amide bonds. The average Bonchev–Trinajstić information content (AvgIpc) is 3.15. The van der Waals surface area contributed by atoms with Gasteiger partial charge in [0.05, 0.1) is 9.79 Å². The highest BCUT2D eigenvalue weighted by Gasteiger charge is 2.23. The van der Waals surface area contributed by atoms with Crippen LogP contribution in [0.5, 0.6) is 0 Å². The first-order chi connectivity index (χ1) is 26.5. The minimum absolute atomic E-state index is 0.0274. The molecule has 0 bridgehead atoms. The molecule has 0 aromatic heterocycles. The Kier molecular flexibility index (Phi) is 11.2. The summed E-state index contributed by atoms with van der Waals surface area (Å²) in [5, 5.41) is 0. The molecule has 0 aliphatic rings. The molecular weight excluding hydrogens is 717 g/mol. The van der Waals surface area contributed by atoms with Crippen molar-refractivity contribution in [3.8, 4) is 0 Å². The van der Waals surface area contributed by atoms with E-state index in [0.29, 0.717) is 0 Å². The van der Waals surface area contributed by atoms with Crippen LogP contribution in [0.4, 0.5) is 34.1 Å². The lowest BCUT2D eigenvalue weighted by atomic mass is 9.86. The van der Waals surface area contributed by atoms with Gasteiger partial charge < -0.3 is 9.80 Å². The normalized spacial score (nSPS) is 12.7. The van der Waals surface area contributed by atoms with Gasteiger partial charge in [-0.05, 0) is 141 Å². The summed E-state index contributed by atoms with van der Waals surface area (Å²) in [5.74, 6) is 0. The SMILES string of the molecule is CC(C)(C)c1ccc(N(c2ccc(C(C)(C)C)cc2)c2ccc(S(=O)(=O)c3ccc(N(c4ccc(C(C)(C)C)cc4)c4ccc(C(C)(C)C)cc4)cc3)cc2)cc1. The number of hydrogen-bond donors (Lipinski definition) is 0. The van der Waals surface area contributed by atoms with E-state index in [4.69, 9.17) is 0 Å². The lowest BCUT2D eigenvalue weighted by Crippen LogP contribution is -2.14. The molecule has 57 heavy (non-hydrogen) atoms. The summed E-state index contributed by atoms with van der Waals surface area (Å²) in [6, 6.07) is 49.1. The summed E-state index contributed by atoms with van der Waals surface area (Å²) in [6.07, 6.45) is 0. The van der Waals surface area contributed by atoms with Crippen molar-refractivity contribution in [2.45, 2.75) is 115 Å². The van der Waals surface area contributed by atoms with Gasteiger partial charge in [0.25, 0.3) is 0 Å². The summed E-state index contributed by atoms with van der Waals surface area (Å²) < 4.78 is 28.3. The van der Waals surface area contributed by atoms with E-state index >= 15 is 0 Å². The zero-order chi connectivity index (χ0) is 41.6. The largest absolute Gasteiger partial charge is 0.311 e. The van der Waals surface area contributed by atoms with Crippen molar-refractivity contribution >= 4 is 44.0 Å². The smallest absolute Gasteiger partial charge is 0.206 e. The second kappa shape index (κ2) is 15.3. The van der Waals surface area contributed by atoms with Crippen molar-refractivity contribution in [2.24, 2.45) is 0 Å². The Labute approximate surface area is 343 Å². The van der Waals surface area contributed by atoms with Gasteiger partial charge in [0, 0.05) is 34.1 Å². The topological polar surface area (TPSA) is 40.6 Å². The zero-order valence-corrected chi connectivity index (χ0v) is 36.8. The van der Waals surface area contributed by atoms with E-state index < -0.39 is 9.84 Å². The first-order valence-corrected chi connectivity index (χ1v) is 21.5.